The van der Waals surface area contributed by atoms with E-state index in [1.807, 2.05) is 50.3 Å². The van der Waals surface area contributed by atoms with E-state index in [4.69, 9.17) is 14.2 Å². The fraction of sp³-hybridized carbons (Fsp3) is 0.472. The highest BCUT2D eigenvalue weighted by molar-refractivity contribution is 5.91. The maximum Gasteiger partial charge on any atom is 0.407 e. The van der Waals surface area contributed by atoms with Gasteiger partial charge in [0.15, 0.2) is 0 Å². The maximum absolute atomic E-state index is 14.1. The lowest BCUT2D eigenvalue weighted by molar-refractivity contribution is -0.149. The largest absolute Gasteiger partial charge is 0.496 e. The van der Waals surface area contributed by atoms with E-state index in [0.717, 1.165) is 41.2 Å². The summed E-state index contributed by atoms with van der Waals surface area (Å²) in [7, 11) is 3.13. The molecule has 9 nitrogen and oxygen atoms in total. The molecule has 0 saturated carbocycles. The molecular weight excluding hydrogens is 572 g/mol. The summed E-state index contributed by atoms with van der Waals surface area (Å²) < 4.78 is 17.0. The molecule has 2 aromatic carbocycles. The van der Waals surface area contributed by atoms with Crippen molar-refractivity contribution in [3.63, 3.8) is 0 Å². The first-order valence-corrected chi connectivity index (χ1v) is 15.4. The highest BCUT2D eigenvalue weighted by Gasteiger charge is 2.51. The smallest absolute Gasteiger partial charge is 0.407 e. The van der Waals surface area contributed by atoms with Crippen LogP contribution in [-0.4, -0.2) is 67.4 Å². The van der Waals surface area contributed by atoms with Gasteiger partial charge in [0.05, 0.1) is 20.3 Å². The summed E-state index contributed by atoms with van der Waals surface area (Å²) in [5, 5.41) is 14.8. The fourth-order valence-corrected chi connectivity index (χ4v) is 5.88. The van der Waals surface area contributed by atoms with Gasteiger partial charge in [0.1, 0.15) is 23.4 Å². The van der Waals surface area contributed by atoms with Crippen molar-refractivity contribution < 1.29 is 33.7 Å². The average molecular weight is 621 g/mol. The van der Waals surface area contributed by atoms with Gasteiger partial charge < -0.3 is 29.5 Å². The molecule has 244 valence electrons. The van der Waals surface area contributed by atoms with E-state index in [2.05, 4.69) is 25.1 Å². The number of unbranched alkanes of at least 4 members (excludes halogenated alkanes) is 3. The molecule has 45 heavy (non-hydrogen) atoms. The number of likely N-dealkylation sites (tertiary alicyclic amines) is 1. The predicted molar refractivity (Wildman–Crippen MR) is 177 cm³/mol. The Labute approximate surface area is 266 Å². The van der Waals surface area contributed by atoms with Crippen LogP contribution in [0.5, 0.6) is 5.75 Å². The molecule has 0 bridgehead atoms. The Morgan fingerprint density at radius 2 is 1.84 bits per heavy atom. The molecule has 0 spiro atoms. The molecule has 0 aromatic heterocycles. The van der Waals surface area contributed by atoms with Gasteiger partial charge in [-0.3, -0.25) is 4.79 Å². The molecule has 1 aliphatic rings. The Balaban J connectivity index is 1.91. The number of nitrogens with one attached hydrogen (secondary N) is 1. The number of nitrogens with zero attached hydrogens (tertiary/aromatic N) is 1. The highest BCUT2D eigenvalue weighted by Crippen LogP contribution is 2.41. The number of hydrogen-bond donors (Lipinski definition) is 2. The van der Waals surface area contributed by atoms with Crippen LogP contribution >= 0.6 is 0 Å². The second-order valence-electron chi connectivity index (χ2n) is 12.4. The fourth-order valence-electron chi connectivity index (χ4n) is 5.88. The Hall–Kier alpha value is -4.11. The molecule has 9 heteroatoms. The number of ether oxygens (including phenoxy) is 3. The summed E-state index contributed by atoms with van der Waals surface area (Å²) in [6.45, 7) is 15.4. The standard InChI is InChI=1S/C36H48N2O7/c1-8-11-12-13-14-15-29(37-34(42)45-24-35(4,5)18-9-2)32(39)38-23-36(44-7,22-30(38)33(40)41)28-17-16-26-21-31(43-6)25(10-3)19-27(26)20-28/h8-10,16-17,19-21,29-30H,1-3,11-15,18,22-24H2,4-7H3,(H,37,42)(H,40,41)/t29-,30?,36?/m0/s1. The van der Waals surface area contributed by atoms with Crippen molar-refractivity contribution in [3.05, 3.63) is 73.3 Å². The quantitative estimate of drug-likeness (QED) is 0.147. The second-order valence-corrected chi connectivity index (χ2v) is 12.4. The van der Waals surface area contributed by atoms with E-state index < -0.39 is 35.7 Å². The number of carboxylic acid groups (broad SMARTS) is 1. The zero-order valence-corrected chi connectivity index (χ0v) is 27.1. The average Bonchev–Trinajstić information content (AvgIpc) is 3.43. The Morgan fingerprint density at radius 1 is 1.09 bits per heavy atom. The molecule has 1 heterocycles. The number of carbonyl (C=O) groups is 3. The van der Waals surface area contributed by atoms with Gasteiger partial charge in [-0.15, -0.1) is 13.2 Å². The molecule has 1 aliphatic heterocycles. The third-order valence-corrected chi connectivity index (χ3v) is 8.50. The van der Waals surface area contributed by atoms with Gasteiger partial charge in [0.2, 0.25) is 5.91 Å². The molecule has 3 rings (SSSR count). The zero-order chi connectivity index (χ0) is 33.2. The molecule has 1 saturated heterocycles. The van der Waals surface area contributed by atoms with Crippen molar-refractivity contribution in [1.29, 1.82) is 0 Å². The number of fused-ring (bicyclic) bond motifs is 1. The normalized spacial score (nSPS) is 18.7. The molecule has 3 atom stereocenters. The summed E-state index contributed by atoms with van der Waals surface area (Å²) in [4.78, 5) is 40.9. The van der Waals surface area contributed by atoms with Crippen LogP contribution in [0.1, 0.15) is 69.9 Å². The monoisotopic (exact) mass is 620 g/mol. The van der Waals surface area contributed by atoms with E-state index in [-0.39, 0.29) is 25.0 Å². The van der Waals surface area contributed by atoms with Crippen molar-refractivity contribution in [2.75, 3.05) is 27.4 Å². The molecular formula is C36H48N2O7. The summed E-state index contributed by atoms with van der Waals surface area (Å²) in [5.41, 5.74) is 0.173. The van der Waals surface area contributed by atoms with Crippen molar-refractivity contribution in [3.8, 4) is 5.75 Å². The lowest BCUT2D eigenvalue weighted by atomic mass is 9.89. The van der Waals surface area contributed by atoms with Gasteiger partial charge in [0.25, 0.3) is 0 Å². The number of hydrogen-bond acceptors (Lipinski definition) is 6. The molecule has 2 N–H and O–H groups in total. The number of methoxy groups -OCH3 is 2. The number of carbonyl (C=O) groups excluding carboxylic acids is 2. The first-order chi connectivity index (χ1) is 21.4. The maximum atomic E-state index is 14.1. The van der Waals surface area contributed by atoms with Crippen LogP contribution in [0.25, 0.3) is 16.8 Å². The van der Waals surface area contributed by atoms with Gasteiger partial charge in [0, 0.05) is 24.5 Å². The topological polar surface area (TPSA) is 114 Å². The van der Waals surface area contributed by atoms with Crippen LogP contribution in [0.4, 0.5) is 4.79 Å². The van der Waals surface area contributed by atoms with Gasteiger partial charge in [-0.25, -0.2) is 9.59 Å². The van der Waals surface area contributed by atoms with Gasteiger partial charge in [-0.1, -0.05) is 63.6 Å². The lowest BCUT2D eigenvalue weighted by Gasteiger charge is -2.30. The van der Waals surface area contributed by atoms with Crippen LogP contribution in [0, 0.1) is 5.41 Å². The molecule has 0 aliphatic carbocycles. The summed E-state index contributed by atoms with van der Waals surface area (Å²) >= 11 is 0. The van der Waals surface area contributed by atoms with Gasteiger partial charge in [-0.2, -0.15) is 0 Å². The van der Waals surface area contributed by atoms with Gasteiger partial charge in [-0.05, 0) is 60.2 Å². The van der Waals surface area contributed by atoms with E-state index in [1.165, 1.54) is 12.0 Å². The van der Waals surface area contributed by atoms with E-state index in [0.29, 0.717) is 25.0 Å². The first kappa shape index (κ1) is 35.4. The minimum Gasteiger partial charge on any atom is -0.496 e. The van der Waals surface area contributed by atoms with Crippen LogP contribution in [0.15, 0.2) is 62.2 Å². The van der Waals surface area contributed by atoms with Crippen molar-refractivity contribution >= 4 is 34.8 Å². The van der Waals surface area contributed by atoms with Crippen LogP contribution in [0.2, 0.25) is 0 Å². The summed E-state index contributed by atoms with van der Waals surface area (Å²) in [6, 6.07) is 7.54. The molecule has 2 unspecified atom stereocenters. The lowest BCUT2D eigenvalue weighted by Crippen LogP contribution is -2.52. The number of carboxylic acids is 1. The molecule has 1 fully saturated rings. The number of alkyl carbamates (subject to hydrolysis) is 1. The van der Waals surface area contributed by atoms with Crippen molar-refractivity contribution in [2.24, 2.45) is 5.41 Å². The SMILES string of the molecule is C=CCCCCC[C@H](NC(=O)OCC(C)(C)CC=C)C(=O)N1CC(OC)(c2ccc3cc(OC)c(C=C)cc3c2)CC1C(=O)O. The van der Waals surface area contributed by atoms with Gasteiger partial charge >= 0.3 is 12.1 Å². The van der Waals surface area contributed by atoms with E-state index >= 15 is 0 Å². The first-order valence-electron chi connectivity index (χ1n) is 15.4. The molecule has 2 amide bonds. The van der Waals surface area contributed by atoms with Crippen LogP contribution in [-0.2, 0) is 24.7 Å². The number of aliphatic carboxylic acids is 1. The second kappa shape index (κ2) is 15.8. The van der Waals surface area contributed by atoms with Crippen LogP contribution in [0.3, 0.4) is 0 Å². The number of amides is 2. The third-order valence-electron chi connectivity index (χ3n) is 8.50. The Morgan fingerprint density at radius 3 is 2.47 bits per heavy atom. The summed E-state index contributed by atoms with van der Waals surface area (Å²) in [5.74, 6) is -0.923. The van der Waals surface area contributed by atoms with Crippen LogP contribution < -0.4 is 10.1 Å². The Bertz CT molecular complexity index is 1400. The number of benzene rings is 2. The number of rotatable bonds is 17. The van der Waals surface area contributed by atoms with E-state index in [9.17, 15) is 19.5 Å². The Kier molecular flexibility index (Phi) is 12.4. The third kappa shape index (κ3) is 8.75. The summed E-state index contributed by atoms with van der Waals surface area (Å²) in [6.07, 6.45) is 8.89. The predicted octanol–water partition coefficient (Wildman–Crippen LogP) is 6.85. The minimum absolute atomic E-state index is 0.00529. The zero-order valence-electron chi connectivity index (χ0n) is 27.1. The van der Waals surface area contributed by atoms with Crippen molar-refractivity contribution in [2.45, 2.75) is 76.5 Å². The minimum atomic E-state index is -1.15. The highest BCUT2D eigenvalue weighted by atomic mass is 16.5. The van der Waals surface area contributed by atoms with Crippen molar-refractivity contribution in [1.82, 2.24) is 10.2 Å². The molecule has 0 radical (unpaired) electrons. The van der Waals surface area contributed by atoms with E-state index in [1.54, 1.807) is 19.3 Å². The number of allylic oxidation sites excluding steroid dienone is 2. The molecule has 2 aromatic rings.